The maximum Gasteiger partial charge on any atom is 0.405 e. The molecule has 0 bridgehead atoms. The first-order valence-corrected chi connectivity index (χ1v) is 8.67. The molecule has 9 heteroatoms. The van der Waals surface area contributed by atoms with Gasteiger partial charge in [0.15, 0.2) is 0 Å². The summed E-state index contributed by atoms with van der Waals surface area (Å²) in [6.07, 6.45) is -1.15. The molecule has 26 heavy (non-hydrogen) atoms. The highest BCUT2D eigenvalue weighted by Crippen LogP contribution is 2.53. The van der Waals surface area contributed by atoms with Crippen molar-refractivity contribution in [3.05, 3.63) is 28.5 Å². The van der Waals surface area contributed by atoms with Crippen molar-refractivity contribution in [1.29, 1.82) is 0 Å². The van der Waals surface area contributed by atoms with Gasteiger partial charge in [0, 0.05) is 5.56 Å². The third kappa shape index (κ3) is 3.26. The normalized spacial score (nSPS) is 19.0. The number of nitrogens with zero attached hydrogens (tertiary/aromatic N) is 1. The molecule has 1 fully saturated rings. The minimum absolute atomic E-state index is 0.157. The van der Waals surface area contributed by atoms with E-state index in [4.69, 9.17) is 11.6 Å². The third-order valence-corrected chi connectivity index (χ3v) is 5.36. The fourth-order valence-electron chi connectivity index (χ4n) is 3.87. The van der Waals surface area contributed by atoms with Crippen LogP contribution in [0.4, 0.5) is 23.2 Å². The fraction of sp³-hybridized carbons (Fsp3) is 0.529. The van der Waals surface area contributed by atoms with E-state index < -0.39 is 42.3 Å². The van der Waals surface area contributed by atoms with Crippen LogP contribution in [-0.2, 0) is 15.0 Å². The first-order valence-electron chi connectivity index (χ1n) is 8.30. The molecule has 0 aromatic heterocycles. The van der Waals surface area contributed by atoms with Gasteiger partial charge in [-0.2, -0.15) is 13.2 Å². The number of fused-ring (bicyclic) bond motifs is 2. The molecule has 1 aliphatic heterocycles. The summed E-state index contributed by atoms with van der Waals surface area (Å²) in [4.78, 5) is 26.1. The Hall–Kier alpha value is -1.83. The lowest BCUT2D eigenvalue weighted by Crippen LogP contribution is -2.46. The van der Waals surface area contributed by atoms with Crippen molar-refractivity contribution >= 4 is 29.1 Å². The van der Waals surface area contributed by atoms with Gasteiger partial charge in [0.25, 0.3) is 0 Å². The van der Waals surface area contributed by atoms with Crippen molar-refractivity contribution < 1.29 is 27.2 Å². The van der Waals surface area contributed by atoms with Gasteiger partial charge in [0.1, 0.15) is 18.9 Å². The van der Waals surface area contributed by atoms with Crippen LogP contribution in [-0.4, -0.2) is 31.1 Å². The number of hydrogen-bond acceptors (Lipinski definition) is 2. The molecule has 142 valence electrons. The molecule has 3 rings (SSSR count). The number of alkyl halides is 3. The van der Waals surface area contributed by atoms with Gasteiger partial charge in [-0.15, -0.1) is 0 Å². The Kier molecular flexibility index (Phi) is 4.90. The highest BCUT2D eigenvalue weighted by Gasteiger charge is 2.53. The molecule has 2 aliphatic rings. The lowest BCUT2D eigenvalue weighted by atomic mass is 9.70. The second-order valence-corrected chi connectivity index (χ2v) is 7.06. The Morgan fingerprint density at radius 3 is 2.50 bits per heavy atom. The Balaban J connectivity index is 1.92. The predicted molar refractivity (Wildman–Crippen MR) is 87.6 cm³/mol. The van der Waals surface area contributed by atoms with Gasteiger partial charge in [0.05, 0.1) is 16.1 Å². The zero-order valence-corrected chi connectivity index (χ0v) is 14.5. The molecule has 1 heterocycles. The summed E-state index contributed by atoms with van der Waals surface area (Å²) in [5.74, 6) is -2.00. The quantitative estimate of drug-likeness (QED) is 0.797. The van der Waals surface area contributed by atoms with Gasteiger partial charge in [0.2, 0.25) is 11.8 Å². The van der Waals surface area contributed by atoms with Crippen LogP contribution < -0.4 is 10.2 Å². The topological polar surface area (TPSA) is 49.4 Å². The second-order valence-electron chi connectivity index (χ2n) is 6.68. The van der Waals surface area contributed by atoms with Crippen molar-refractivity contribution in [2.45, 2.75) is 43.7 Å². The highest BCUT2D eigenvalue weighted by molar-refractivity contribution is 6.33. The van der Waals surface area contributed by atoms with Crippen LogP contribution in [0.1, 0.15) is 37.7 Å². The summed E-state index contributed by atoms with van der Waals surface area (Å²) in [5, 5.41) is 1.60. The number of nitrogens with one attached hydrogen (secondary N) is 1. The zero-order valence-electron chi connectivity index (χ0n) is 13.8. The van der Waals surface area contributed by atoms with E-state index in [2.05, 4.69) is 0 Å². The molecule has 0 atom stereocenters. The Labute approximate surface area is 152 Å². The van der Waals surface area contributed by atoms with Gasteiger partial charge in [-0.1, -0.05) is 30.9 Å². The molecule has 0 unspecified atom stereocenters. The first-order chi connectivity index (χ1) is 12.2. The summed E-state index contributed by atoms with van der Waals surface area (Å²) in [6.45, 7) is -2.04. The number of hydrogen-bond donors (Lipinski definition) is 1. The molecular weight excluding hydrogens is 376 g/mol. The van der Waals surface area contributed by atoms with Crippen LogP contribution in [0.15, 0.2) is 12.1 Å². The zero-order chi connectivity index (χ0) is 19.1. The average Bonchev–Trinajstić information content (AvgIpc) is 2.79. The molecule has 1 aromatic carbocycles. The maximum atomic E-state index is 14.0. The fourth-order valence-corrected chi connectivity index (χ4v) is 4.21. The van der Waals surface area contributed by atoms with Crippen LogP contribution in [0, 0.1) is 5.82 Å². The summed E-state index contributed by atoms with van der Waals surface area (Å²) in [6, 6.07) is 2.45. The minimum atomic E-state index is -4.54. The number of carbonyl (C=O) groups excluding carboxylic acids is 2. The molecular formula is C17H17ClF4N2O2. The smallest absolute Gasteiger partial charge is 0.345 e. The number of carbonyl (C=O) groups is 2. The standard InChI is InChI=1S/C17H17ClF4N2O2/c18-14-10(19)4-5-11-13(14)16(6-2-1-3-7-16)15(26)24(11)8-12(25)23-9-17(20,21)22/h4-5H,1-3,6-9H2,(H,23,25). The number of benzene rings is 1. The molecule has 4 nitrogen and oxygen atoms in total. The largest absolute Gasteiger partial charge is 0.405 e. The van der Waals surface area contributed by atoms with Gasteiger partial charge in [-0.25, -0.2) is 4.39 Å². The van der Waals surface area contributed by atoms with Gasteiger partial charge >= 0.3 is 6.18 Å². The monoisotopic (exact) mass is 392 g/mol. The van der Waals surface area contributed by atoms with Crippen LogP contribution in [0.3, 0.4) is 0 Å². The van der Waals surface area contributed by atoms with E-state index in [1.807, 2.05) is 0 Å². The van der Waals surface area contributed by atoms with Crippen LogP contribution >= 0.6 is 11.6 Å². The number of amides is 2. The van der Waals surface area contributed by atoms with Gasteiger partial charge in [-0.3, -0.25) is 9.59 Å². The minimum Gasteiger partial charge on any atom is -0.345 e. The molecule has 0 radical (unpaired) electrons. The Bertz CT molecular complexity index is 745. The predicted octanol–water partition coefficient (Wildman–Crippen LogP) is 3.71. The van der Waals surface area contributed by atoms with Crippen molar-refractivity contribution in [1.82, 2.24) is 5.32 Å². The number of rotatable bonds is 3. The molecule has 1 aromatic rings. The Morgan fingerprint density at radius 2 is 1.88 bits per heavy atom. The number of halogens is 5. The van der Waals surface area contributed by atoms with Crippen LogP contribution in [0.25, 0.3) is 0 Å². The van der Waals surface area contributed by atoms with Crippen molar-refractivity contribution in [2.24, 2.45) is 0 Å². The lowest BCUT2D eigenvalue weighted by molar-refractivity contribution is -0.138. The molecule has 0 saturated heterocycles. The van der Waals surface area contributed by atoms with E-state index in [-0.39, 0.29) is 5.02 Å². The lowest BCUT2D eigenvalue weighted by Gasteiger charge is -2.32. The summed E-state index contributed by atoms with van der Waals surface area (Å²) in [7, 11) is 0. The summed E-state index contributed by atoms with van der Waals surface area (Å²) >= 11 is 6.15. The average molecular weight is 393 g/mol. The van der Waals surface area contributed by atoms with Crippen molar-refractivity contribution in [2.75, 3.05) is 18.0 Å². The first kappa shape index (κ1) is 18.9. The van der Waals surface area contributed by atoms with Crippen LogP contribution in [0.5, 0.6) is 0 Å². The molecule has 1 N–H and O–H groups in total. The van der Waals surface area contributed by atoms with E-state index in [1.54, 1.807) is 5.32 Å². The molecule has 1 saturated carbocycles. The van der Waals surface area contributed by atoms with Crippen LogP contribution in [0.2, 0.25) is 5.02 Å². The summed E-state index contributed by atoms with van der Waals surface area (Å²) in [5.41, 5.74) is -0.352. The molecule has 2 amide bonds. The van der Waals surface area contributed by atoms with E-state index in [9.17, 15) is 27.2 Å². The molecule has 1 spiro atoms. The summed E-state index contributed by atoms with van der Waals surface area (Å²) < 4.78 is 50.8. The maximum absolute atomic E-state index is 14.0. The highest BCUT2D eigenvalue weighted by atomic mass is 35.5. The van der Waals surface area contributed by atoms with E-state index in [0.29, 0.717) is 24.1 Å². The van der Waals surface area contributed by atoms with E-state index in [0.717, 1.165) is 30.2 Å². The van der Waals surface area contributed by atoms with E-state index >= 15 is 0 Å². The molecule has 1 aliphatic carbocycles. The van der Waals surface area contributed by atoms with Crippen molar-refractivity contribution in [3.63, 3.8) is 0 Å². The third-order valence-electron chi connectivity index (χ3n) is 4.99. The van der Waals surface area contributed by atoms with Gasteiger partial charge < -0.3 is 10.2 Å². The SMILES string of the molecule is O=C(CN1C(=O)C2(CCCCC2)c2c1ccc(F)c2Cl)NCC(F)(F)F. The number of anilines is 1. The van der Waals surface area contributed by atoms with Gasteiger partial charge in [-0.05, 0) is 25.0 Å². The second kappa shape index (κ2) is 6.72. The van der Waals surface area contributed by atoms with Crippen molar-refractivity contribution in [3.8, 4) is 0 Å². The Morgan fingerprint density at radius 1 is 1.23 bits per heavy atom. The van der Waals surface area contributed by atoms with E-state index in [1.165, 1.54) is 6.07 Å².